The van der Waals surface area contributed by atoms with Gasteiger partial charge in [-0.15, -0.1) is 0 Å². The van der Waals surface area contributed by atoms with Gasteiger partial charge in [0.1, 0.15) is 12.9 Å². The third-order valence-corrected chi connectivity index (χ3v) is 5.23. The molecule has 0 aliphatic heterocycles. The molecule has 5 heteroatoms. The maximum atomic E-state index is 12.5. The summed E-state index contributed by atoms with van der Waals surface area (Å²) in [6, 6.07) is 22.4. The molecule has 0 saturated carbocycles. The molecular formula is C26H22N2O3. The number of esters is 1. The van der Waals surface area contributed by atoms with E-state index < -0.39 is 5.97 Å². The Balaban J connectivity index is 1.64. The minimum Gasteiger partial charge on any atom is -0.457 e. The smallest absolute Gasteiger partial charge is 0.338 e. The first kappa shape index (κ1) is 20.3. The fourth-order valence-electron chi connectivity index (χ4n) is 3.28. The van der Waals surface area contributed by atoms with Crippen molar-refractivity contribution in [1.29, 1.82) is 0 Å². The number of carbonyl (C=O) groups excluding carboxylic acids is 2. The zero-order valence-corrected chi connectivity index (χ0v) is 17.4. The van der Waals surface area contributed by atoms with E-state index in [4.69, 9.17) is 9.84 Å². The van der Waals surface area contributed by atoms with E-state index in [1.807, 2.05) is 42.6 Å². The molecule has 31 heavy (non-hydrogen) atoms. The van der Waals surface area contributed by atoms with Crippen molar-refractivity contribution < 1.29 is 14.3 Å². The van der Waals surface area contributed by atoms with E-state index in [9.17, 15) is 9.59 Å². The molecule has 0 bridgehead atoms. The number of rotatable bonds is 6. The van der Waals surface area contributed by atoms with Gasteiger partial charge in [0, 0.05) is 22.9 Å². The van der Waals surface area contributed by atoms with E-state index in [1.165, 1.54) is 11.1 Å². The quantitative estimate of drug-likeness (QED) is 0.319. The van der Waals surface area contributed by atoms with Gasteiger partial charge in [-0.1, -0.05) is 42.5 Å². The Bertz CT molecular complexity index is 1230. The summed E-state index contributed by atoms with van der Waals surface area (Å²) in [6.45, 7) is 4.22. The fourth-order valence-corrected chi connectivity index (χ4v) is 3.28. The van der Waals surface area contributed by atoms with Crippen LogP contribution in [0.2, 0.25) is 0 Å². The molecule has 0 spiro atoms. The normalized spacial score (nSPS) is 10.6. The van der Waals surface area contributed by atoms with Crippen LogP contribution in [0.1, 0.15) is 37.4 Å². The SMILES string of the molecule is Cc1ccc(-c2nn(-c3ccccc3)cc2COC(=O)c2ccc(C=O)cc2)cc1C. The summed E-state index contributed by atoms with van der Waals surface area (Å²) in [6.07, 6.45) is 2.63. The van der Waals surface area contributed by atoms with E-state index in [0.717, 1.165) is 28.8 Å². The van der Waals surface area contributed by atoms with Gasteiger partial charge in [0.25, 0.3) is 0 Å². The number of ether oxygens (including phenoxy) is 1. The van der Waals surface area contributed by atoms with Crippen LogP contribution in [0.15, 0.2) is 79.0 Å². The number of aldehydes is 1. The molecule has 0 saturated heterocycles. The Labute approximate surface area is 180 Å². The number of hydrogen-bond acceptors (Lipinski definition) is 4. The zero-order chi connectivity index (χ0) is 21.8. The lowest BCUT2D eigenvalue weighted by Crippen LogP contribution is -2.05. The predicted molar refractivity (Wildman–Crippen MR) is 119 cm³/mol. The van der Waals surface area contributed by atoms with Crippen LogP contribution in [0.5, 0.6) is 0 Å². The highest BCUT2D eigenvalue weighted by Gasteiger charge is 2.16. The van der Waals surface area contributed by atoms with Crippen LogP contribution in [0.4, 0.5) is 0 Å². The molecule has 0 aliphatic rings. The van der Waals surface area contributed by atoms with Crippen LogP contribution in [-0.4, -0.2) is 22.0 Å². The number of para-hydroxylation sites is 1. The molecule has 0 aliphatic carbocycles. The van der Waals surface area contributed by atoms with Crippen LogP contribution >= 0.6 is 0 Å². The molecule has 0 N–H and O–H groups in total. The molecule has 1 heterocycles. The molecule has 5 nitrogen and oxygen atoms in total. The molecular weight excluding hydrogens is 388 g/mol. The Morgan fingerprint density at radius 1 is 0.968 bits per heavy atom. The molecule has 0 amide bonds. The monoisotopic (exact) mass is 410 g/mol. The third-order valence-electron chi connectivity index (χ3n) is 5.23. The van der Waals surface area contributed by atoms with E-state index in [1.54, 1.807) is 28.9 Å². The number of carbonyl (C=O) groups is 2. The third kappa shape index (κ3) is 4.46. The molecule has 3 aromatic carbocycles. The van der Waals surface area contributed by atoms with Crippen molar-refractivity contribution in [3.05, 3.63) is 107 Å². The number of nitrogens with zero attached hydrogens (tertiary/aromatic N) is 2. The summed E-state index contributed by atoms with van der Waals surface area (Å²) < 4.78 is 7.37. The Morgan fingerprint density at radius 3 is 2.39 bits per heavy atom. The van der Waals surface area contributed by atoms with Gasteiger partial charge in [0.05, 0.1) is 16.9 Å². The van der Waals surface area contributed by atoms with E-state index in [0.29, 0.717) is 11.1 Å². The second kappa shape index (κ2) is 8.79. The van der Waals surface area contributed by atoms with Crippen LogP contribution in [-0.2, 0) is 11.3 Å². The molecule has 154 valence electrons. The number of benzene rings is 3. The van der Waals surface area contributed by atoms with E-state index >= 15 is 0 Å². The lowest BCUT2D eigenvalue weighted by molar-refractivity contribution is 0.0473. The minimum absolute atomic E-state index is 0.0867. The summed E-state index contributed by atoms with van der Waals surface area (Å²) >= 11 is 0. The lowest BCUT2D eigenvalue weighted by Gasteiger charge is -2.07. The van der Waals surface area contributed by atoms with Crippen LogP contribution < -0.4 is 0 Å². The van der Waals surface area contributed by atoms with Crippen molar-refractivity contribution in [2.45, 2.75) is 20.5 Å². The summed E-state index contributed by atoms with van der Waals surface area (Å²) in [5, 5.41) is 4.78. The first-order valence-corrected chi connectivity index (χ1v) is 9.99. The highest BCUT2D eigenvalue weighted by atomic mass is 16.5. The van der Waals surface area contributed by atoms with Crippen molar-refractivity contribution in [2.75, 3.05) is 0 Å². The zero-order valence-electron chi connectivity index (χ0n) is 17.4. The molecule has 4 aromatic rings. The van der Waals surface area contributed by atoms with Crippen molar-refractivity contribution in [3.63, 3.8) is 0 Å². The number of aromatic nitrogens is 2. The lowest BCUT2D eigenvalue weighted by atomic mass is 10.0. The van der Waals surface area contributed by atoms with Gasteiger partial charge in [-0.05, 0) is 55.3 Å². The van der Waals surface area contributed by atoms with E-state index in [2.05, 4.69) is 26.0 Å². The van der Waals surface area contributed by atoms with Crippen molar-refractivity contribution >= 4 is 12.3 Å². The molecule has 0 fully saturated rings. The average Bonchev–Trinajstić information content (AvgIpc) is 3.24. The minimum atomic E-state index is -0.448. The molecule has 0 radical (unpaired) electrons. The second-order valence-corrected chi connectivity index (χ2v) is 7.40. The van der Waals surface area contributed by atoms with Gasteiger partial charge in [-0.2, -0.15) is 5.10 Å². The van der Waals surface area contributed by atoms with Gasteiger partial charge in [-0.25, -0.2) is 9.48 Å². The first-order valence-electron chi connectivity index (χ1n) is 9.99. The summed E-state index contributed by atoms with van der Waals surface area (Å²) in [5.74, 6) is -0.448. The standard InChI is InChI=1S/C26H22N2O3/c1-18-8-11-22(14-19(18)2)25-23(15-28(27-25)24-6-4-3-5-7-24)17-31-26(30)21-12-9-20(16-29)10-13-21/h3-16H,17H2,1-2H3. The van der Waals surface area contributed by atoms with E-state index in [-0.39, 0.29) is 6.61 Å². The topological polar surface area (TPSA) is 61.2 Å². The number of hydrogen-bond donors (Lipinski definition) is 0. The van der Waals surface area contributed by atoms with Gasteiger partial charge in [0.2, 0.25) is 0 Å². The Kier molecular flexibility index (Phi) is 5.76. The summed E-state index contributed by atoms with van der Waals surface area (Å²) in [7, 11) is 0. The van der Waals surface area contributed by atoms with Gasteiger partial charge < -0.3 is 4.74 Å². The highest BCUT2D eigenvalue weighted by Crippen LogP contribution is 2.26. The van der Waals surface area contributed by atoms with Crippen molar-refractivity contribution in [3.8, 4) is 16.9 Å². The average molecular weight is 410 g/mol. The molecule has 0 unspecified atom stereocenters. The van der Waals surface area contributed by atoms with Crippen molar-refractivity contribution in [1.82, 2.24) is 9.78 Å². The van der Waals surface area contributed by atoms with Gasteiger partial charge in [-0.3, -0.25) is 4.79 Å². The van der Waals surface area contributed by atoms with Gasteiger partial charge in [0.15, 0.2) is 0 Å². The van der Waals surface area contributed by atoms with Crippen molar-refractivity contribution in [2.24, 2.45) is 0 Å². The Morgan fingerprint density at radius 2 is 1.71 bits per heavy atom. The maximum absolute atomic E-state index is 12.5. The highest BCUT2D eigenvalue weighted by molar-refractivity contribution is 5.90. The molecule has 1 aromatic heterocycles. The van der Waals surface area contributed by atoms with Crippen LogP contribution in [0, 0.1) is 13.8 Å². The summed E-state index contributed by atoms with van der Waals surface area (Å²) in [4.78, 5) is 23.3. The maximum Gasteiger partial charge on any atom is 0.338 e. The summed E-state index contributed by atoms with van der Waals surface area (Å²) in [5.41, 5.74) is 6.77. The number of aryl methyl sites for hydroxylation is 2. The first-order chi connectivity index (χ1) is 15.0. The second-order valence-electron chi connectivity index (χ2n) is 7.40. The predicted octanol–water partition coefficient (Wildman–Crippen LogP) is 5.33. The largest absolute Gasteiger partial charge is 0.457 e. The van der Waals surface area contributed by atoms with Gasteiger partial charge >= 0.3 is 5.97 Å². The van der Waals surface area contributed by atoms with Crippen LogP contribution in [0.3, 0.4) is 0 Å². The van der Waals surface area contributed by atoms with Crippen LogP contribution in [0.25, 0.3) is 16.9 Å². The molecule has 4 rings (SSSR count). The Hall–Kier alpha value is -3.99. The fraction of sp³-hybridized carbons (Fsp3) is 0.115. The molecule has 0 atom stereocenters.